The van der Waals surface area contributed by atoms with Gasteiger partial charge in [0.1, 0.15) is 0 Å². The van der Waals surface area contributed by atoms with Crippen LogP contribution in [0.4, 0.5) is 0 Å². The van der Waals surface area contributed by atoms with Gasteiger partial charge in [0.2, 0.25) is 0 Å². The van der Waals surface area contributed by atoms with E-state index in [9.17, 15) is 0 Å². The molecular formula is C5H8BrN. The standard InChI is InChI=1S/C5H8BrN/c1-5(4-7)2-3-6/h2-4H,7H2,1H3/b3-2?,5-4-. The topological polar surface area (TPSA) is 26.0 Å². The van der Waals surface area contributed by atoms with Crippen molar-refractivity contribution in [2.75, 3.05) is 0 Å². The fourth-order valence-corrected chi connectivity index (χ4v) is 0.572. The van der Waals surface area contributed by atoms with Crippen molar-refractivity contribution < 1.29 is 0 Å². The predicted molar refractivity (Wildman–Crippen MR) is 36.0 cm³/mol. The van der Waals surface area contributed by atoms with Gasteiger partial charge in [-0.1, -0.05) is 22.0 Å². The zero-order chi connectivity index (χ0) is 5.70. The number of hydrogen-bond acceptors (Lipinski definition) is 1. The van der Waals surface area contributed by atoms with Crippen LogP contribution in [-0.4, -0.2) is 0 Å². The molecule has 0 rings (SSSR count). The maximum Gasteiger partial charge on any atom is -0.00324 e. The van der Waals surface area contributed by atoms with Crippen LogP contribution >= 0.6 is 15.9 Å². The Hall–Kier alpha value is -0.240. The number of allylic oxidation sites excluding steroid dienone is 2. The van der Waals surface area contributed by atoms with Crippen molar-refractivity contribution in [2.45, 2.75) is 6.92 Å². The Morgan fingerprint density at radius 2 is 2.29 bits per heavy atom. The van der Waals surface area contributed by atoms with Gasteiger partial charge in [0.05, 0.1) is 0 Å². The molecule has 1 nitrogen and oxygen atoms in total. The molecule has 0 aromatic rings. The van der Waals surface area contributed by atoms with Gasteiger partial charge in [-0.25, -0.2) is 0 Å². The van der Waals surface area contributed by atoms with Gasteiger partial charge in [-0.3, -0.25) is 0 Å². The summed E-state index contributed by atoms with van der Waals surface area (Å²) >= 11 is 3.11. The maximum atomic E-state index is 5.12. The number of hydrogen-bond donors (Lipinski definition) is 1. The summed E-state index contributed by atoms with van der Waals surface area (Å²) in [4.78, 5) is 1.77. The summed E-state index contributed by atoms with van der Waals surface area (Å²) in [6, 6.07) is 0. The maximum absolute atomic E-state index is 5.12. The minimum Gasteiger partial charge on any atom is -0.404 e. The Morgan fingerprint density at radius 3 is 2.43 bits per heavy atom. The second-order valence-corrected chi connectivity index (χ2v) is 1.73. The van der Waals surface area contributed by atoms with Crippen molar-refractivity contribution in [3.05, 3.63) is 22.8 Å². The highest BCUT2D eigenvalue weighted by atomic mass is 79.9. The molecule has 7 heavy (non-hydrogen) atoms. The summed E-state index contributed by atoms with van der Waals surface area (Å²) in [6.07, 6.45) is 3.43. The first-order valence-corrected chi connectivity index (χ1v) is 2.88. The number of nitrogens with two attached hydrogens (primary N) is 1. The van der Waals surface area contributed by atoms with Crippen molar-refractivity contribution in [1.29, 1.82) is 0 Å². The summed E-state index contributed by atoms with van der Waals surface area (Å²) < 4.78 is 0. The molecule has 0 spiro atoms. The monoisotopic (exact) mass is 161 g/mol. The van der Waals surface area contributed by atoms with Crippen molar-refractivity contribution in [3.8, 4) is 0 Å². The van der Waals surface area contributed by atoms with Crippen LogP contribution in [0.1, 0.15) is 6.92 Å². The van der Waals surface area contributed by atoms with Crippen LogP contribution in [0.2, 0.25) is 0 Å². The first-order chi connectivity index (χ1) is 3.31. The van der Waals surface area contributed by atoms with Crippen LogP contribution in [0.5, 0.6) is 0 Å². The summed E-state index contributed by atoms with van der Waals surface area (Å²) in [5.74, 6) is 0. The summed E-state index contributed by atoms with van der Waals surface area (Å²) in [6.45, 7) is 1.93. The molecule has 0 radical (unpaired) electrons. The number of rotatable bonds is 1. The van der Waals surface area contributed by atoms with Gasteiger partial charge in [-0.15, -0.1) is 0 Å². The second kappa shape index (κ2) is 3.93. The lowest BCUT2D eigenvalue weighted by molar-refractivity contribution is 1.44. The highest BCUT2D eigenvalue weighted by Crippen LogP contribution is 1.93. The van der Waals surface area contributed by atoms with Gasteiger partial charge < -0.3 is 5.73 Å². The average Bonchev–Trinajstić information content (AvgIpc) is 1.68. The Labute approximate surface area is 52.0 Å². The highest BCUT2D eigenvalue weighted by Gasteiger charge is 1.71. The Bertz CT molecular complexity index is 94.3. The van der Waals surface area contributed by atoms with E-state index in [1.807, 2.05) is 13.0 Å². The molecule has 0 saturated carbocycles. The van der Waals surface area contributed by atoms with E-state index in [4.69, 9.17) is 5.73 Å². The highest BCUT2D eigenvalue weighted by molar-refractivity contribution is 9.11. The van der Waals surface area contributed by atoms with E-state index in [-0.39, 0.29) is 0 Å². The quantitative estimate of drug-likeness (QED) is 0.584. The molecular weight excluding hydrogens is 154 g/mol. The van der Waals surface area contributed by atoms with Gasteiger partial charge >= 0.3 is 0 Å². The minimum atomic E-state index is 1.05. The zero-order valence-corrected chi connectivity index (χ0v) is 5.77. The van der Waals surface area contributed by atoms with E-state index in [0.29, 0.717) is 0 Å². The Balaban J connectivity index is 3.58. The lowest BCUT2D eigenvalue weighted by Crippen LogP contribution is -1.78. The fourth-order valence-electron chi connectivity index (χ4n) is 0.155. The first-order valence-electron chi connectivity index (χ1n) is 1.96. The van der Waals surface area contributed by atoms with E-state index in [2.05, 4.69) is 15.9 Å². The third-order valence-corrected chi connectivity index (χ3v) is 0.853. The van der Waals surface area contributed by atoms with Gasteiger partial charge in [-0.2, -0.15) is 0 Å². The summed E-state index contributed by atoms with van der Waals surface area (Å²) in [7, 11) is 0. The first kappa shape index (κ1) is 6.76. The zero-order valence-electron chi connectivity index (χ0n) is 4.19. The van der Waals surface area contributed by atoms with Crippen molar-refractivity contribution in [3.63, 3.8) is 0 Å². The van der Waals surface area contributed by atoms with E-state index in [1.54, 1.807) is 11.2 Å². The molecule has 0 aliphatic heterocycles. The molecule has 40 valence electrons. The molecule has 2 heteroatoms. The lowest BCUT2D eigenvalue weighted by Gasteiger charge is -1.80. The van der Waals surface area contributed by atoms with Crippen LogP contribution < -0.4 is 5.73 Å². The van der Waals surface area contributed by atoms with Crippen LogP contribution in [-0.2, 0) is 0 Å². The van der Waals surface area contributed by atoms with Crippen LogP contribution in [0.3, 0.4) is 0 Å². The van der Waals surface area contributed by atoms with Crippen molar-refractivity contribution >= 4 is 15.9 Å². The van der Waals surface area contributed by atoms with Gasteiger partial charge in [0, 0.05) is 0 Å². The predicted octanol–water partition coefficient (Wildman–Crippen LogP) is 1.76. The molecule has 0 fully saturated rings. The second-order valence-electron chi connectivity index (χ2n) is 1.20. The molecule has 0 atom stereocenters. The molecule has 0 unspecified atom stereocenters. The van der Waals surface area contributed by atoms with Crippen LogP contribution in [0.15, 0.2) is 22.8 Å². The Morgan fingerprint density at radius 1 is 1.71 bits per heavy atom. The molecule has 0 aromatic heterocycles. The molecule has 0 aliphatic carbocycles. The largest absolute Gasteiger partial charge is 0.404 e. The van der Waals surface area contributed by atoms with Crippen LogP contribution in [0, 0.1) is 0 Å². The SMILES string of the molecule is C/C(C=CBr)=C/N. The van der Waals surface area contributed by atoms with E-state index < -0.39 is 0 Å². The molecule has 0 aliphatic rings. The van der Waals surface area contributed by atoms with E-state index >= 15 is 0 Å². The molecule has 0 saturated heterocycles. The lowest BCUT2D eigenvalue weighted by atomic mass is 10.3. The third kappa shape index (κ3) is 3.59. The molecule has 0 aromatic carbocycles. The number of halogens is 1. The van der Waals surface area contributed by atoms with Crippen molar-refractivity contribution in [2.24, 2.45) is 5.73 Å². The van der Waals surface area contributed by atoms with Crippen molar-refractivity contribution in [1.82, 2.24) is 0 Å². The molecule has 0 amide bonds. The normalized spacial score (nSPS) is 13.1. The average molecular weight is 162 g/mol. The fraction of sp³-hybridized carbons (Fsp3) is 0.200. The molecule has 0 bridgehead atoms. The van der Waals surface area contributed by atoms with Gasteiger partial charge in [0.25, 0.3) is 0 Å². The smallest absolute Gasteiger partial charge is 0.00324 e. The minimum absolute atomic E-state index is 1.05. The summed E-state index contributed by atoms with van der Waals surface area (Å²) in [5.41, 5.74) is 6.18. The van der Waals surface area contributed by atoms with E-state index in [1.165, 1.54) is 0 Å². The molecule has 2 N–H and O–H groups in total. The van der Waals surface area contributed by atoms with Gasteiger partial charge in [0.15, 0.2) is 0 Å². The summed E-state index contributed by atoms with van der Waals surface area (Å²) in [5, 5.41) is 0. The third-order valence-electron chi connectivity index (χ3n) is 0.589. The molecule has 0 heterocycles. The van der Waals surface area contributed by atoms with Gasteiger partial charge in [-0.05, 0) is 23.7 Å². The van der Waals surface area contributed by atoms with E-state index in [0.717, 1.165) is 5.57 Å². The Kier molecular flexibility index (Phi) is 3.80. The van der Waals surface area contributed by atoms with Crippen LogP contribution in [0.25, 0.3) is 0 Å².